The van der Waals surface area contributed by atoms with E-state index in [2.05, 4.69) is 30.0 Å². The molecule has 1 unspecified atom stereocenters. The van der Waals surface area contributed by atoms with Crippen LogP contribution in [0.15, 0.2) is 35.1 Å². The fourth-order valence-electron chi connectivity index (χ4n) is 3.07. The summed E-state index contributed by atoms with van der Waals surface area (Å²) in [5.74, 6) is -0.104. The molecule has 0 radical (unpaired) electrons. The fourth-order valence-corrected chi connectivity index (χ4v) is 3.07. The van der Waals surface area contributed by atoms with Gasteiger partial charge in [0.05, 0.1) is 23.5 Å². The minimum absolute atomic E-state index is 0.180. The van der Waals surface area contributed by atoms with Gasteiger partial charge in [-0.05, 0) is 26.3 Å². The van der Waals surface area contributed by atoms with Crippen LogP contribution in [-0.2, 0) is 4.79 Å². The standard InChI is InChI=1S/C18H17N5O2.C3H6/c1-11(2)23-10-13(9-21-23)16-7-14-17(25-16)15(3-5-20-14)22-6-4-12(8-19)18(22)24;1-2-3-1/h3,5,7,9-12H,4,6H2,1-2H3;1-3H2. The Morgan fingerprint density at radius 3 is 2.71 bits per heavy atom. The molecule has 5 rings (SSSR count). The van der Waals surface area contributed by atoms with Crippen molar-refractivity contribution in [2.45, 2.75) is 45.6 Å². The SMILES string of the molecule is C1CC1.CC(C)n1cc(-c2cc3nccc(N4CCC(C#N)C4=O)c3o2)cn1. The first kappa shape index (κ1) is 18.2. The van der Waals surface area contributed by atoms with E-state index < -0.39 is 5.92 Å². The summed E-state index contributed by atoms with van der Waals surface area (Å²) in [4.78, 5) is 18.3. The van der Waals surface area contributed by atoms with E-state index in [1.165, 1.54) is 19.3 Å². The predicted octanol–water partition coefficient (Wildman–Crippen LogP) is 4.32. The normalized spacial score (nSPS) is 18.3. The van der Waals surface area contributed by atoms with Crippen molar-refractivity contribution in [2.24, 2.45) is 5.92 Å². The van der Waals surface area contributed by atoms with Gasteiger partial charge in [-0.2, -0.15) is 10.4 Å². The molecule has 4 heterocycles. The first-order chi connectivity index (χ1) is 13.6. The molecule has 7 nitrogen and oxygen atoms in total. The molecule has 144 valence electrons. The topological polar surface area (TPSA) is 88.0 Å². The Labute approximate surface area is 163 Å². The number of nitriles is 1. The molecule has 7 heteroatoms. The first-order valence-corrected chi connectivity index (χ1v) is 9.72. The van der Waals surface area contributed by atoms with Crippen LogP contribution in [-0.4, -0.2) is 27.2 Å². The van der Waals surface area contributed by atoms with Gasteiger partial charge < -0.3 is 9.32 Å². The van der Waals surface area contributed by atoms with Gasteiger partial charge in [-0.15, -0.1) is 0 Å². The lowest BCUT2D eigenvalue weighted by molar-refractivity contribution is -0.118. The highest BCUT2D eigenvalue weighted by Crippen LogP contribution is 2.35. The lowest BCUT2D eigenvalue weighted by Gasteiger charge is -2.15. The molecule has 1 atom stereocenters. The number of carbonyl (C=O) groups is 1. The monoisotopic (exact) mass is 377 g/mol. The first-order valence-electron chi connectivity index (χ1n) is 9.72. The Kier molecular flexibility index (Phi) is 4.86. The number of carbonyl (C=O) groups excluding carboxylic acids is 1. The highest BCUT2D eigenvalue weighted by atomic mass is 16.3. The van der Waals surface area contributed by atoms with E-state index in [0.29, 0.717) is 35.5 Å². The number of pyridine rings is 1. The molecule has 0 spiro atoms. The van der Waals surface area contributed by atoms with Crippen molar-refractivity contribution in [3.63, 3.8) is 0 Å². The molecule has 1 saturated heterocycles. The highest BCUT2D eigenvalue weighted by Gasteiger charge is 2.34. The van der Waals surface area contributed by atoms with Gasteiger partial charge in [0, 0.05) is 31.0 Å². The number of hydrogen-bond acceptors (Lipinski definition) is 5. The van der Waals surface area contributed by atoms with Crippen molar-refractivity contribution in [1.29, 1.82) is 5.26 Å². The minimum Gasteiger partial charge on any atom is -0.452 e. The Morgan fingerprint density at radius 2 is 2.11 bits per heavy atom. The van der Waals surface area contributed by atoms with Crippen molar-refractivity contribution < 1.29 is 9.21 Å². The van der Waals surface area contributed by atoms with Crippen LogP contribution < -0.4 is 4.90 Å². The van der Waals surface area contributed by atoms with Crippen LogP contribution >= 0.6 is 0 Å². The average Bonchev–Trinajstić information content (AvgIpc) is 3.23. The minimum atomic E-state index is -0.582. The number of furan rings is 1. The van der Waals surface area contributed by atoms with Crippen LogP contribution in [0.4, 0.5) is 5.69 Å². The maximum absolute atomic E-state index is 12.4. The third-order valence-corrected chi connectivity index (χ3v) is 4.81. The van der Waals surface area contributed by atoms with Crippen LogP contribution in [0.5, 0.6) is 0 Å². The van der Waals surface area contributed by atoms with Gasteiger partial charge in [-0.1, -0.05) is 19.3 Å². The second-order valence-corrected chi connectivity index (χ2v) is 7.48. The van der Waals surface area contributed by atoms with Crippen molar-refractivity contribution in [3.05, 3.63) is 30.7 Å². The summed E-state index contributed by atoms with van der Waals surface area (Å²) >= 11 is 0. The maximum atomic E-state index is 12.4. The van der Waals surface area contributed by atoms with Gasteiger partial charge in [-0.3, -0.25) is 14.5 Å². The van der Waals surface area contributed by atoms with E-state index in [0.717, 1.165) is 5.56 Å². The van der Waals surface area contributed by atoms with E-state index in [4.69, 9.17) is 9.68 Å². The second kappa shape index (κ2) is 7.47. The Morgan fingerprint density at radius 1 is 1.32 bits per heavy atom. The molecule has 28 heavy (non-hydrogen) atoms. The summed E-state index contributed by atoms with van der Waals surface area (Å²) < 4.78 is 7.87. The van der Waals surface area contributed by atoms with Crippen LogP contribution in [0.3, 0.4) is 0 Å². The quantitative estimate of drug-likeness (QED) is 0.678. The van der Waals surface area contributed by atoms with Crippen LogP contribution in [0.2, 0.25) is 0 Å². The van der Waals surface area contributed by atoms with E-state index in [1.807, 2.05) is 16.9 Å². The van der Waals surface area contributed by atoms with Crippen molar-refractivity contribution >= 4 is 22.7 Å². The number of nitrogens with zero attached hydrogens (tertiary/aromatic N) is 5. The van der Waals surface area contributed by atoms with E-state index in [9.17, 15) is 4.79 Å². The molecule has 3 aromatic heterocycles. The lowest BCUT2D eigenvalue weighted by Crippen LogP contribution is -2.26. The molecule has 2 fully saturated rings. The fraction of sp³-hybridized carbons (Fsp3) is 0.429. The molecule has 0 bridgehead atoms. The number of aromatic nitrogens is 3. The summed E-state index contributed by atoms with van der Waals surface area (Å²) in [5, 5.41) is 13.4. The number of fused-ring (bicyclic) bond motifs is 1. The molecule has 1 aliphatic heterocycles. The molecule has 0 N–H and O–H groups in total. The molecule has 1 aliphatic carbocycles. The summed E-state index contributed by atoms with van der Waals surface area (Å²) in [7, 11) is 0. The summed E-state index contributed by atoms with van der Waals surface area (Å²) in [6.07, 6.45) is 10.4. The van der Waals surface area contributed by atoms with Gasteiger partial charge in [0.15, 0.2) is 5.58 Å². The smallest absolute Gasteiger partial charge is 0.244 e. The molecule has 1 saturated carbocycles. The van der Waals surface area contributed by atoms with Gasteiger partial charge >= 0.3 is 0 Å². The summed E-state index contributed by atoms with van der Waals surface area (Å²) in [6, 6.07) is 5.92. The Balaban J connectivity index is 0.000000586. The number of rotatable bonds is 3. The molecule has 1 amide bonds. The third kappa shape index (κ3) is 3.50. The van der Waals surface area contributed by atoms with Crippen molar-refractivity contribution in [3.8, 4) is 17.4 Å². The Hall–Kier alpha value is -3.14. The maximum Gasteiger partial charge on any atom is 0.244 e. The second-order valence-electron chi connectivity index (χ2n) is 7.48. The van der Waals surface area contributed by atoms with E-state index in [-0.39, 0.29) is 11.9 Å². The predicted molar refractivity (Wildman–Crippen MR) is 106 cm³/mol. The van der Waals surface area contributed by atoms with Gasteiger partial charge in [0.1, 0.15) is 17.2 Å². The molecular weight excluding hydrogens is 354 g/mol. The van der Waals surface area contributed by atoms with Crippen LogP contribution in [0.25, 0.3) is 22.4 Å². The number of anilines is 1. The van der Waals surface area contributed by atoms with Gasteiger partial charge in [-0.25, -0.2) is 0 Å². The number of amides is 1. The number of hydrogen-bond donors (Lipinski definition) is 0. The van der Waals surface area contributed by atoms with E-state index >= 15 is 0 Å². The van der Waals surface area contributed by atoms with Crippen LogP contribution in [0.1, 0.15) is 45.6 Å². The molecule has 3 aromatic rings. The van der Waals surface area contributed by atoms with Crippen molar-refractivity contribution in [1.82, 2.24) is 14.8 Å². The zero-order chi connectivity index (χ0) is 19.7. The van der Waals surface area contributed by atoms with E-state index in [1.54, 1.807) is 23.4 Å². The molecule has 2 aliphatic rings. The Bertz CT molecular complexity index is 1040. The zero-order valence-corrected chi connectivity index (χ0v) is 16.1. The third-order valence-electron chi connectivity index (χ3n) is 4.81. The van der Waals surface area contributed by atoms with Gasteiger partial charge in [0.2, 0.25) is 5.91 Å². The lowest BCUT2D eigenvalue weighted by atomic mass is 10.1. The highest BCUT2D eigenvalue weighted by molar-refractivity contribution is 6.04. The summed E-state index contributed by atoms with van der Waals surface area (Å²) in [5.41, 5.74) is 2.76. The van der Waals surface area contributed by atoms with Crippen LogP contribution in [0, 0.1) is 17.2 Å². The largest absolute Gasteiger partial charge is 0.452 e. The van der Waals surface area contributed by atoms with Gasteiger partial charge in [0.25, 0.3) is 0 Å². The molecular formula is C21H23N5O2. The zero-order valence-electron chi connectivity index (χ0n) is 16.1. The summed E-state index contributed by atoms with van der Waals surface area (Å²) in [6.45, 7) is 4.62. The average molecular weight is 377 g/mol. The van der Waals surface area contributed by atoms with Crippen molar-refractivity contribution in [2.75, 3.05) is 11.4 Å². The molecule has 0 aromatic carbocycles.